The molecule has 3 aromatic rings. The largest absolute Gasteiger partial charge is 0.496 e. The topological polar surface area (TPSA) is 63.7 Å². The molecular weight excluding hydrogens is 252 g/mol. The Labute approximate surface area is 116 Å². The van der Waals surface area contributed by atoms with Gasteiger partial charge in [0.25, 0.3) is 0 Å². The lowest BCUT2D eigenvalue weighted by molar-refractivity contribution is 0.416. The van der Waals surface area contributed by atoms with Crippen LogP contribution in [0.3, 0.4) is 0 Å². The van der Waals surface area contributed by atoms with Gasteiger partial charge in [-0.2, -0.15) is 5.21 Å². The van der Waals surface area contributed by atoms with Gasteiger partial charge in [-0.1, -0.05) is 36.4 Å². The summed E-state index contributed by atoms with van der Waals surface area (Å²) >= 11 is 0. The average Bonchev–Trinajstić information content (AvgIpc) is 3.01. The maximum absolute atomic E-state index is 5.49. The van der Waals surface area contributed by atoms with Crippen molar-refractivity contribution < 1.29 is 4.74 Å². The summed E-state index contributed by atoms with van der Waals surface area (Å²) in [5, 5.41) is 14.2. The van der Waals surface area contributed by atoms with Crippen molar-refractivity contribution in [3.63, 3.8) is 0 Å². The van der Waals surface area contributed by atoms with Crippen LogP contribution in [0.4, 0.5) is 0 Å². The number of aromatic nitrogens is 4. The van der Waals surface area contributed by atoms with E-state index < -0.39 is 0 Å². The number of aryl methyl sites for hydroxylation is 1. The molecule has 5 nitrogen and oxygen atoms in total. The number of ether oxygens (including phenoxy) is 1. The second-order valence-electron chi connectivity index (χ2n) is 4.48. The SMILES string of the molecule is COc1cc(C)ccc1-c1ccccc1-c1nn[nH]n1. The zero-order chi connectivity index (χ0) is 13.9. The van der Waals surface area contributed by atoms with Crippen LogP contribution in [0, 0.1) is 6.92 Å². The fourth-order valence-corrected chi connectivity index (χ4v) is 2.21. The maximum atomic E-state index is 5.49. The third-order valence-electron chi connectivity index (χ3n) is 3.16. The summed E-state index contributed by atoms with van der Waals surface area (Å²) in [5.74, 6) is 1.41. The number of nitrogens with one attached hydrogen (secondary N) is 1. The van der Waals surface area contributed by atoms with Gasteiger partial charge in [-0.25, -0.2) is 0 Å². The Kier molecular flexibility index (Phi) is 3.16. The van der Waals surface area contributed by atoms with Gasteiger partial charge in [0, 0.05) is 11.1 Å². The van der Waals surface area contributed by atoms with E-state index in [0.717, 1.165) is 28.0 Å². The number of benzene rings is 2. The third-order valence-corrected chi connectivity index (χ3v) is 3.16. The second kappa shape index (κ2) is 5.13. The van der Waals surface area contributed by atoms with Gasteiger partial charge in [0.15, 0.2) is 0 Å². The number of rotatable bonds is 3. The zero-order valence-corrected chi connectivity index (χ0v) is 11.3. The Bertz CT molecular complexity index is 722. The Morgan fingerprint density at radius 3 is 2.50 bits per heavy atom. The minimum absolute atomic E-state index is 0.572. The van der Waals surface area contributed by atoms with Crippen LogP contribution in [0.25, 0.3) is 22.5 Å². The standard InChI is InChI=1S/C15H14N4O/c1-10-7-8-12(14(9-10)20-2)11-5-3-4-6-13(11)15-16-18-19-17-15/h3-9H,1-2H3,(H,16,17,18,19). The van der Waals surface area contributed by atoms with Gasteiger partial charge in [0.1, 0.15) is 5.75 Å². The van der Waals surface area contributed by atoms with Crippen LogP contribution in [-0.4, -0.2) is 27.7 Å². The molecule has 0 amide bonds. The summed E-state index contributed by atoms with van der Waals surface area (Å²) < 4.78 is 5.49. The minimum Gasteiger partial charge on any atom is -0.496 e. The van der Waals surface area contributed by atoms with E-state index in [2.05, 4.69) is 26.7 Å². The van der Waals surface area contributed by atoms with E-state index >= 15 is 0 Å². The predicted octanol–water partition coefficient (Wildman–Crippen LogP) is 2.85. The lowest BCUT2D eigenvalue weighted by Gasteiger charge is -2.12. The normalized spacial score (nSPS) is 10.5. The van der Waals surface area contributed by atoms with Crippen molar-refractivity contribution in [1.29, 1.82) is 0 Å². The number of hydrogen-bond acceptors (Lipinski definition) is 4. The first-order chi connectivity index (χ1) is 9.79. The highest BCUT2D eigenvalue weighted by Crippen LogP contribution is 2.36. The van der Waals surface area contributed by atoms with Crippen LogP contribution in [0.1, 0.15) is 5.56 Å². The van der Waals surface area contributed by atoms with Crippen LogP contribution >= 0.6 is 0 Å². The second-order valence-corrected chi connectivity index (χ2v) is 4.48. The molecule has 0 unspecified atom stereocenters. The van der Waals surface area contributed by atoms with Crippen molar-refractivity contribution >= 4 is 0 Å². The van der Waals surface area contributed by atoms with Gasteiger partial charge in [0.2, 0.25) is 5.82 Å². The molecular formula is C15H14N4O. The molecule has 100 valence electrons. The number of nitrogens with zero attached hydrogens (tertiary/aromatic N) is 3. The van der Waals surface area contributed by atoms with Crippen LogP contribution < -0.4 is 4.74 Å². The molecule has 0 atom stereocenters. The summed E-state index contributed by atoms with van der Waals surface area (Å²) in [5.41, 5.74) is 4.11. The van der Waals surface area contributed by atoms with E-state index in [-0.39, 0.29) is 0 Å². The molecule has 5 heteroatoms. The first-order valence-electron chi connectivity index (χ1n) is 6.27. The Morgan fingerprint density at radius 1 is 1.00 bits per heavy atom. The molecule has 0 bridgehead atoms. The molecule has 1 N–H and O–H groups in total. The Morgan fingerprint density at radius 2 is 1.80 bits per heavy atom. The number of tetrazole rings is 1. The van der Waals surface area contributed by atoms with Crippen molar-refractivity contribution in [2.45, 2.75) is 6.92 Å². The number of methoxy groups -OCH3 is 1. The fraction of sp³-hybridized carbons (Fsp3) is 0.133. The summed E-state index contributed by atoms with van der Waals surface area (Å²) in [6.07, 6.45) is 0. The molecule has 20 heavy (non-hydrogen) atoms. The van der Waals surface area contributed by atoms with Crippen LogP contribution in [0.15, 0.2) is 42.5 Å². The smallest absolute Gasteiger partial charge is 0.205 e. The summed E-state index contributed by atoms with van der Waals surface area (Å²) in [7, 11) is 1.68. The van der Waals surface area contributed by atoms with Crippen molar-refractivity contribution in [2.24, 2.45) is 0 Å². The van der Waals surface area contributed by atoms with Gasteiger partial charge in [-0.15, -0.1) is 10.2 Å². The molecule has 0 saturated carbocycles. The van der Waals surface area contributed by atoms with Gasteiger partial charge >= 0.3 is 0 Å². The molecule has 0 saturated heterocycles. The molecule has 2 aromatic carbocycles. The van der Waals surface area contributed by atoms with Crippen LogP contribution in [0.5, 0.6) is 5.75 Å². The molecule has 0 fully saturated rings. The first-order valence-corrected chi connectivity index (χ1v) is 6.27. The van der Waals surface area contributed by atoms with Gasteiger partial charge in [0.05, 0.1) is 7.11 Å². The lowest BCUT2D eigenvalue weighted by Crippen LogP contribution is -1.92. The summed E-state index contributed by atoms with van der Waals surface area (Å²) in [6, 6.07) is 14.1. The monoisotopic (exact) mass is 266 g/mol. The minimum atomic E-state index is 0.572. The molecule has 0 aliphatic rings. The lowest BCUT2D eigenvalue weighted by atomic mass is 9.97. The fourth-order valence-electron chi connectivity index (χ4n) is 2.21. The molecule has 0 radical (unpaired) electrons. The molecule has 1 heterocycles. The van der Waals surface area contributed by atoms with Crippen molar-refractivity contribution in [3.05, 3.63) is 48.0 Å². The van der Waals surface area contributed by atoms with E-state index in [1.54, 1.807) is 7.11 Å². The number of H-pyrrole nitrogens is 1. The molecule has 3 rings (SSSR count). The molecule has 1 aromatic heterocycles. The quantitative estimate of drug-likeness (QED) is 0.791. The predicted molar refractivity (Wildman–Crippen MR) is 76.3 cm³/mol. The van der Waals surface area contributed by atoms with Gasteiger partial charge in [-0.3, -0.25) is 0 Å². The average molecular weight is 266 g/mol. The van der Waals surface area contributed by atoms with E-state index in [4.69, 9.17) is 4.74 Å². The molecule has 0 spiro atoms. The van der Waals surface area contributed by atoms with Gasteiger partial charge in [-0.05, 0) is 29.3 Å². The van der Waals surface area contributed by atoms with E-state index in [0.29, 0.717) is 5.82 Å². The first kappa shape index (κ1) is 12.3. The summed E-state index contributed by atoms with van der Waals surface area (Å²) in [4.78, 5) is 0. The van der Waals surface area contributed by atoms with E-state index in [1.807, 2.05) is 43.3 Å². The highest BCUT2D eigenvalue weighted by atomic mass is 16.5. The van der Waals surface area contributed by atoms with Crippen molar-refractivity contribution in [1.82, 2.24) is 20.6 Å². The highest BCUT2D eigenvalue weighted by Gasteiger charge is 2.13. The zero-order valence-electron chi connectivity index (χ0n) is 11.3. The number of hydrogen-bond donors (Lipinski definition) is 1. The number of aromatic amines is 1. The van der Waals surface area contributed by atoms with E-state index in [1.165, 1.54) is 0 Å². The Balaban J connectivity index is 2.21. The van der Waals surface area contributed by atoms with Crippen LogP contribution in [0.2, 0.25) is 0 Å². The Hall–Kier alpha value is -2.69. The maximum Gasteiger partial charge on any atom is 0.205 e. The van der Waals surface area contributed by atoms with Gasteiger partial charge < -0.3 is 4.74 Å². The highest BCUT2D eigenvalue weighted by molar-refractivity contribution is 5.83. The van der Waals surface area contributed by atoms with E-state index in [9.17, 15) is 0 Å². The van der Waals surface area contributed by atoms with Crippen LogP contribution in [-0.2, 0) is 0 Å². The third kappa shape index (κ3) is 2.14. The van der Waals surface area contributed by atoms with Crippen molar-refractivity contribution in [2.75, 3.05) is 7.11 Å². The molecule has 0 aliphatic carbocycles. The summed E-state index contributed by atoms with van der Waals surface area (Å²) in [6.45, 7) is 2.04. The molecule has 0 aliphatic heterocycles. The van der Waals surface area contributed by atoms with Crippen molar-refractivity contribution in [3.8, 4) is 28.3 Å².